The summed E-state index contributed by atoms with van der Waals surface area (Å²) in [6.07, 6.45) is 1.35. The van der Waals surface area contributed by atoms with Crippen LogP contribution in [0.3, 0.4) is 0 Å². The molecule has 1 aromatic carbocycles. The van der Waals surface area contributed by atoms with E-state index in [1.54, 1.807) is 4.68 Å². The zero-order chi connectivity index (χ0) is 15.5. The summed E-state index contributed by atoms with van der Waals surface area (Å²) in [6.45, 7) is 2.34. The Kier molecular flexibility index (Phi) is 5.04. The number of hydrogen-bond donors (Lipinski definition) is 2. The number of hydrogen-bond acceptors (Lipinski definition) is 3. The van der Waals surface area contributed by atoms with Crippen molar-refractivity contribution >= 4 is 11.6 Å². The van der Waals surface area contributed by atoms with Crippen LogP contribution in [0.25, 0.3) is 0 Å². The molecule has 5 heteroatoms. The molecule has 1 unspecified atom stereocenters. The molecule has 21 heavy (non-hydrogen) atoms. The first kappa shape index (κ1) is 16.0. The lowest BCUT2D eigenvalue weighted by atomic mass is 9.77. The van der Waals surface area contributed by atoms with Gasteiger partial charge < -0.3 is 10.8 Å². The number of halogens is 1. The number of nitrogens with two attached hydrogens (primary N) is 1. The van der Waals surface area contributed by atoms with E-state index in [4.69, 9.17) is 17.3 Å². The van der Waals surface area contributed by atoms with Gasteiger partial charge in [-0.25, -0.2) is 0 Å². The van der Waals surface area contributed by atoms with E-state index in [1.165, 1.54) is 0 Å². The van der Waals surface area contributed by atoms with E-state index in [-0.39, 0.29) is 6.61 Å². The summed E-state index contributed by atoms with van der Waals surface area (Å²) in [5.41, 5.74) is 8.28. The van der Waals surface area contributed by atoms with Crippen molar-refractivity contribution in [1.29, 1.82) is 0 Å². The molecular weight excluding hydrogens is 286 g/mol. The van der Waals surface area contributed by atoms with Gasteiger partial charge in [0.25, 0.3) is 0 Å². The Hall–Kier alpha value is -1.36. The topological polar surface area (TPSA) is 64.1 Å². The van der Waals surface area contributed by atoms with Gasteiger partial charge in [-0.2, -0.15) is 5.10 Å². The van der Waals surface area contributed by atoms with E-state index in [1.807, 2.05) is 44.3 Å². The van der Waals surface area contributed by atoms with Crippen molar-refractivity contribution in [2.24, 2.45) is 12.8 Å². The fraction of sp³-hybridized carbons (Fsp3) is 0.438. The molecule has 0 amide bonds. The highest BCUT2D eigenvalue weighted by molar-refractivity contribution is 6.31. The van der Waals surface area contributed by atoms with Gasteiger partial charge in [-0.3, -0.25) is 4.68 Å². The van der Waals surface area contributed by atoms with Crippen LogP contribution in [0.15, 0.2) is 30.3 Å². The van der Waals surface area contributed by atoms with E-state index in [2.05, 4.69) is 5.10 Å². The quantitative estimate of drug-likeness (QED) is 0.858. The second-order valence-corrected chi connectivity index (χ2v) is 5.75. The molecule has 2 aromatic rings. The summed E-state index contributed by atoms with van der Waals surface area (Å²) >= 11 is 6.43. The first-order valence-electron chi connectivity index (χ1n) is 7.14. The Bertz CT molecular complexity index is 591. The SMILES string of the molecule is CCc1nn(C)c(CC(CN)(CO)c2ccccc2)c1Cl. The molecule has 0 aliphatic rings. The molecule has 0 aliphatic carbocycles. The first-order chi connectivity index (χ1) is 10.1. The van der Waals surface area contributed by atoms with Crippen LogP contribution in [0.5, 0.6) is 0 Å². The highest BCUT2D eigenvalue weighted by atomic mass is 35.5. The number of rotatable bonds is 6. The van der Waals surface area contributed by atoms with Crippen molar-refractivity contribution < 1.29 is 5.11 Å². The summed E-state index contributed by atoms with van der Waals surface area (Å²) < 4.78 is 1.80. The monoisotopic (exact) mass is 307 g/mol. The molecule has 0 saturated carbocycles. The molecule has 0 aliphatic heterocycles. The van der Waals surface area contributed by atoms with E-state index in [0.29, 0.717) is 18.0 Å². The third-order valence-electron chi connectivity index (χ3n) is 4.09. The van der Waals surface area contributed by atoms with Crippen LogP contribution < -0.4 is 5.73 Å². The Morgan fingerprint density at radius 3 is 2.48 bits per heavy atom. The second kappa shape index (κ2) is 6.60. The van der Waals surface area contributed by atoms with Crippen LogP contribution >= 0.6 is 11.6 Å². The Morgan fingerprint density at radius 1 is 1.33 bits per heavy atom. The van der Waals surface area contributed by atoms with Crippen molar-refractivity contribution in [3.8, 4) is 0 Å². The minimum atomic E-state index is -0.538. The van der Waals surface area contributed by atoms with Crippen molar-refractivity contribution in [2.45, 2.75) is 25.2 Å². The molecule has 1 atom stereocenters. The van der Waals surface area contributed by atoms with E-state index in [0.717, 1.165) is 23.4 Å². The van der Waals surface area contributed by atoms with E-state index < -0.39 is 5.41 Å². The zero-order valence-corrected chi connectivity index (χ0v) is 13.3. The molecule has 0 fully saturated rings. The molecule has 4 nitrogen and oxygen atoms in total. The largest absolute Gasteiger partial charge is 0.395 e. The number of aliphatic hydroxyl groups excluding tert-OH is 1. The third-order valence-corrected chi connectivity index (χ3v) is 4.52. The predicted molar refractivity (Wildman–Crippen MR) is 85.6 cm³/mol. The second-order valence-electron chi connectivity index (χ2n) is 5.37. The van der Waals surface area contributed by atoms with Crippen LogP contribution in [-0.2, 0) is 25.3 Å². The highest BCUT2D eigenvalue weighted by Gasteiger charge is 2.33. The van der Waals surface area contributed by atoms with Crippen LogP contribution in [0, 0.1) is 0 Å². The van der Waals surface area contributed by atoms with Crippen molar-refractivity contribution in [1.82, 2.24) is 9.78 Å². The Balaban J connectivity index is 2.44. The van der Waals surface area contributed by atoms with E-state index in [9.17, 15) is 5.11 Å². The summed E-state index contributed by atoms with van der Waals surface area (Å²) in [7, 11) is 1.88. The summed E-state index contributed by atoms with van der Waals surface area (Å²) in [5, 5.41) is 15.1. The molecule has 2 rings (SSSR count). The van der Waals surface area contributed by atoms with Gasteiger partial charge in [0.1, 0.15) is 0 Å². The fourth-order valence-electron chi connectivity index (χ4n) is 2.63. The number of benzene rings is 1. The lowest BCUT2D eigenvalue weighted by Crippen LogP contribution is -2.41. The van der Waals surface area contributed by atoms with Crippen molar-refractivity contribution in [3.05, 3.63) is 52.3 Å². The molecule has 114 valence electrons. The van der Waals surface area contributed by atoms with Crippen molar-refractivity contribution in [3.63, 3.8) is 0 Å². The molecule has 1 aromatic heterocycles. The average Bonchev–Trinajstić information content (AvgIpc) is 2.80. The molecule has 1 heterocycles. The maximum atomic E-state index is 9.98. The Labute approximate surface area is 130 Å². The van der Waals surface area contributed by atoms with Gasteiger partial charge in [0, 0.05) is 25.4 Å². The summed E-state index contributed by atoms with van der Waals surface area (Å²) in [4.78, 5) is 0. The van der Waals surface area contributed by atoms with Crippen LogP contribution in [0.4, 0.5) is 0 Å². The third kappa shape index (κ3) is 2.98. The van der Waals surface area contributed by atoms with Gasteiger partial charge in [-0.05, 0) is 12.0 Å². The number of aryl methyl sites for hydroxylation is 2. The molecule has 0 bridgehead atoms. The zero-order valence-electron chi connectivity index (χ0n) is 12.5. The lowest BCUT2D eigenvalue weighted by molar-refractivity contribution is 0.194. The molecule has 0 radical (unpaired) electrons. The average molecular weight is 308 g/mol. The molecular formula is C16H22ClN3O. The summed E-state index contributed by atoms with van der Waals surface area (Å²) in [5.74, 6) is 0. The van der Waals surface area contributed by atoms with Crippen molar-refractivity contribution in [2.75, 3.05) is 13.2 Å². The van der Waals surface area contributed by atoms with Crippen LogP contribution in [-0.4, -0.2) is 28.0 Å². The Morgan fingerprint density at radius 2 is 2.00 bits per heavy atom. The van der Waals surface area contributed by atoms with Gasteiger partial charge >= 0.3 is 0 Å². The first-order valence-corrected chi connectivity index (χ1v) is 7.52. The maximum absolute atomic E-state index is 9.98. The number of nitrogens with zero attached hydrogens (tertiary/aromatic N) is 2. The van der Waals surface area contributed by atoms with Crippen LogP contribution in [0.1, 0.15) is 23.9 Å². The smallest absolute Gasteiger partial charge is 0.0850 e. The van der Waals surface area contributed by atoms with Gasteiger partial charge in [0.05, 0.1) is 23.0 Å². The lowest BCUT2D eigenvalue weighted by Gasteiger charge is -2.31. The van der Waals surface area contributed by atoms with Gasteiger partial charge in [-0.1, -0.05) is 48.9 Å². The number of aromatic nitrogens is 2. The van der Waals surface area contributed by atoms with Crippen LogP contribution in [0.2, 0.25) is 5.02 Å². The molecule has 0 spiro atoms. The molecule has 0 saturated heterocycles. The van der Waals surface area contributed by atoms with Gasteiger partial charge in [0.2, 0.25) is 0 Å². The van der Waals surface area contributed by atoms with Gasteiger partial charge in [-0.15, -0.1) is 0 Å². The predicted octanol–water partition coefficient (Wildman–Crippen LogP) is 2.07. The van der Waals surface area contributed by atoms with E-state index >= 15 is 0 Å². The summed E-state index contributed by atoms with van der Waals surface area (Å²) in [6, 6.07) is 9.85. The van der Waals surface area contributed by atoms with Gasteiger partial charge in [0.15, 0.2) is 0 Å². The minimum absolute atomic E-state index is 0.0313. The maximum Gasteiger partial charge on any atom is 0.0850 e. The normalized spacial score (nSPS) is 14.1. The molecule has 3 N–H and O–H groups in total. The fourth-order valence-corrected chi connectivity index (χ4v) is 2.99. The highest BCUT2D eigenvalue weighted by Crippen LogP contribution is 2.31. The standard InChI is InChI=1S/C16H22ClN3O/c1-3-13-15(17)14(20(2)19-13)9-16(10-18,11-21)12-7-5-4-6-8-12/h4-8,21H,3,9-11,18H2,1-2H3. The number of aliphatic hydroxyl groups is 1. The minimum Gasteiger partial charge on any atom is -0.395 e.